The summed E-state index contributed by atoms with van der Waals surface area (Å²) < 4.78 is 26.2. The molecule has 0 aliphatic carbocycles. The van der Waals surface area contributed by atoms with Crippen molar-refractivity contribution in [3.8, 4) is 0 Å². The van der Waals surface area contributed by atoms with E-state index >= 15 is 0 Å². The molecule has 0 aromatic heterocycles. The zero-order chi connectivity index (χ0) is 18.0. The Labute approximate surface area is 142 Å². The highest BCUT2D eigenvalue weighted by molar-refractivity contribution is 6.39. The Morgan fingerprint density at radius 2 is 1.60 bits per heavy atom. The summed E-state index contributed by atoms with van der Waals surface area (Å²) >= 11 is 0. The lowest BCUT2D eigenvalue weighted by molar-refractivity contribution is -0.126. The molecule has 25 heavy (non-hydrogen) atoms. The van der Waals surface area contributed by atoms with Crippen molar-refractivity contribution in [1.82, 2.24) is 15.2 Å². The number of hydrogen-bond acceptors (Lipinski definition) is 4. The van der Waals surface area contributed by atoms with Crippen LogP contribution in [0.1, 0.15) is 23.2 Å². The van der Waals surface area contributed by atoms with E-state index in [0.717, 1.165) is 12.1 Å². The summed E-state index contributed by atoms with van der Waals surface area (Å²) in [4.78, 5) is 38.8. The smallest absolute Gasteiger partial charge is 0.270 e. The Morgan fingerprint density at radius 3 is 2.16 bits per heavy atom. The highest BCUT2D eigenvalue weighted by Gasteiger charge is 2.28. The van der Waals surface area contributed by atoms with E-state index in [0.29, 0.717) is 25.2 Å². The summed E-state index contributed by atoms with van der Waals surface area (Å²) in [6, 6.07) is 3.02. The van der Waals surface area contributed by atoms with Gasteiger partial charge in [0.15, 0.2) is 11.6 Å². The topological polar surface area (TPSA) is 82.1 Å². The van der Waals surface area contributed by atoms with E-state index in [1.807, 2.05) is 0 Å². The second-order valence-electron chi connectivity index (χ2n) is 5.81. The molecule has 3 rings (SSSR count). The van der Waals surface area contributed by atoms with Crippen LogP contribution in [0.2, 0.25) is 0 Å². The first-order valence-electron chi connectivity index (χ1n) is 7.84. The number of hydrogen-bond donors (Lipinski definition) is 1. The molecule has 0 spiro atoms. The molecule has 2 aliphatic rings. The van der Waals surface area contributed by atoms with Crippen LogP contribution >= 0.6 is 0 Å². The molecule has 0 radical (unpaired) electrons. The molecule has 3 amide bonds. The van der Waals surface area contributed by atoms with Crippen LogP contribution in [0.25, 0.3) is 0 Å². The molecule has 2 aliphatic heterocycles. The van der Waals surface area contributed by atoms with Crippen molar-refractivity contribution in [3.05, 3.63) is 35.4 Å². The van der Waals surface area contributed by atoms with Gasteiger partial charge in [0.05, 0.1) is 0 Å². The van der Waals surface area contributed by atoms with Gasteiger partial charge < -0.3 is 9.80 Å². The van der Waals surface area contributed by atoms with Gasteiger partial charge in [-0.3, -0.25) is 14.4 Å². The lowest BCUT2D eigenvalue weighted by atomic mass is 10.1. The minimum Gasteiger partial charge on any atom is -0.335 e. The minimum absolute atomic E-state index is 0.0676. The number of amides is 3. The molecule has 1 aromatic carbocycles. The summed E-state index contributed by atoms with van der Waals surface area (Å²) in [6.07, 6.45) is 0.512. The Balaban J connectivity index is 1.59. The van der Waals surface area contributed by atoms with Crippen LogP contribution in [0.4, 0.5) is 8.78 Å². The number of benzene rings is 1. The van der Waals surface area contributed by atoms with Gasteiger partial charge in [-0.25, -0.2) is 14.2 Å². The number of carbonyl (C=O) groups is 3. The molecule has 0 atom stereocenters. The van der Waals surface area contributed by atoms with Crippen LogP contribution in [0.3, 0.4) is 0 Å². The zero-order valence-electron chi connectivity index (χ0n) is 13.3. The number of hydrazone groups is 1. The fourth-order valence-corrected chi connectivity index (χ4v) is 2.74. The van der Waals surface area contributed by atoms with Gasteiger partial charge in [-0.05, 0) is 18.2 Å². The van der Waals surface area contributed by atoms with Gasteiger partial charge >= 0.3 is 0 Å². The Bertz CT molecular complexity index is 758. The third-order valence-corrected chi connectivity index (χ3v) is 4.17. The van der Waals surface area contributed by atoms with E-state index in [2.05, 4.69) is 10.5 Å². The van der Waals surface area contributed by atoms with Crippen LogP contribution in [0.15, 0.2) is 23.3 Å². The number of piperazine rings is 1. The molecule has 9 heteroatoms. The quantitative estimate of drug-likeness (QED) is 0.844. The molecule has 2 heterocycles. The van der Waals surface area contributed by atoms with Gasteiger partial charge in [0, 0.05) is 44.6 Å². The third-order valence-electron chi connectivity index (χ3n) is 4.17. The highest BCUT2D eigenvalue weighted by Crippen LogP contribution is 2.14. The third kappa shape index (κ3) is 3.65. The first-order valence-corrected chi connectivity index (χ1v) is 7.84. The lowest BCUT2D eigenvalue weighted by Gasteiger charge is -2.35. The SMILES string of the molecule is O=C1CCC(C(=O)N2CCN(C(=O)c3ccc(F)c(F)c3)CC2)=NN1. The van der Waals surface area contributed by atoms with Crippen LogP contribution in [-0.2, 0) is 9.59 Å². The van der Waals surface area contributed by atoms with Gasteiger partial charge in [0.25, 0.3) is 11.8 Å². The van der Waals surface area contributed by atoms with E-state index in [4.69, 9.17) is 0 Å². The van der Waals surface area contributed by atoms with E-state index < -0.39 is 17.5 Å². The zero-order valence-corrected chi connectivity index (χ0v) is 13.3. The maximum Gasteiger partial charge on any atom is 0.270 e. The van der Waals surface area contributed by atoms with Crippen LogP contribution in [-0.4, -0.2) is 59.4 Å². The molecule has 1 fully saturated rings. The molecule has 1 saturated heterocycles. The Kier molecular flexibility index (Phi) is 4.73. The summed E-state index contributed by atoms with van der Waals surface area (Å²) in [5.41, 5.74) is 2.64. The predicted molar refractivity (Wildman–Crippen MR) is 83.7 cm³/mol. The number of nitrogens with zero attached hydrogens (tertiary/aromatic N) is 3. The standard InChI is InChI=1S/C16H16F2N4O3/c17-11-2-1-10(9-12(11)18)15(24)21-5-7-22(8-6-21)16(25)13-3-4-14(23)20-19-13/h1-2,9H,3-8H2,(H,20,23). The number of halogens is 2. The van der Waals surface area contributed by atoms with Crippen molar-refractivity contribution in [3.63, 3.8) is 0 Å². The maximum absolute atomic E-state index is 13.3. The van der Waals surface area contributed by atoms with Gasteiger partial charge in [-0.1, -0.05) is 0 Å². The van der Waals surface area contributed by atoms with Crippen LogP contribution in [0.5, 0.6) is 0 Å². The largest absolute Gasteiger partial charge is 0.335 e. The van der Waals surface area contributed by atoms with Crippen molar-refractivity contribution >= 4 is 23.4 Å². The molecule has 7 nitrogen and oxygen atoms in total. The summed E-state index contributed by atoms with van der Waals surface area (Å²) in [7, 11) is 0. The second kappa shape index (κ2) is 6.96. The summed E-state index contributed by atoms with van der Waals surface area (Å²) in [5, 5.41) is 3.77. The first-order chi connectivity index (χ1) is 12.0. The van der Waals surface area contributed by atoms with Crippen molar-refractivity contribution in [2.45, 2.75) is 12.8 Å². The molecular formula is C16H16F2N4O3. The highest BCUT2D eigenvalue weighted by atomic mass is 19.2. The fourth-order valence-electron chi connectivity index (χ4n) is 2.74. The van der Waals surface area contributed by atoms with E-state index in [9.17, 15) is 23.2 Å². The molecule has 0 bridgehead atoms. The number of rotatable bonds is 2. The molecule has 132 valence electrons. The Hall–Kier alpha value is -2.84. The molecule has 1 N–H and O–H groups in total. The first kappa shape index (κ1) is 17.0. The van der Waals surface area contributed by atoms with Crippen molar-refractivity contribution in [2.24, 2.45) is 5.10 Å². The van der Waals surface area contributed by atoms with Gasteiger partial charge in [0.2, 0.25) is 5.91 Å². The van der Waals surface area contributed by atoms with E-state index in [-0.39, 0.29) is 36.9 Å². The van der Waals surface area contributed by atoms with Gasteiger partial charge in [0.1, 0.15) is 5.71 Å². The average Bonchev–Trinajstić information content (AvgIpc) is 2.63. The van der Waals surface area contributed by atoms with Crippen molar-refractivity contribution in [1.29, 1.82) is 0 Å². The normalized spacial score (nSPS) is 17.8. The summed E-state index contributed by atoms with van der Waals surface area (Å²) in [6.45, 7) is 1.18. The van der Waals surface area contributed by atoms with Gasteiger partial charge in [-0.2, -0.15) is 5.10 Å². The predicted octanol–water partition coefficient (Wildman–Crippen LogP) is 0.515. The monoisotopic (exact) mass is 350 g/mol. The van der Waals surface area contributed by atoms with E-state index in [1.165, 1.54) is 11.0 Å². The minimum atomic E-state index is -1.07. The van der Waals surface area contributed by atoms with Crippen molar-refractivity contribution in [2.75, 3.05) is 26.2 Å². The molecule has 1 aromatic rings. The Morgan fingerprint density at radius 1 is 0.960 bits per heavy atom. The second-order valence-corrected chi connectivity index (χ2v) is 5.81. The molecule has 0 unspecified atom stereocenters. The van der Waals surface area contributed by atoms with Crippen molar-refractivity contribution < 1.29 is 23.2 Å². The van der Waals surface area contributed by atoms with Crippen LogP contribution < -0.4 is 5.43 Å². The maximum atomic E-state index is 13.3. The summed E-state index contributed by atoms with van der Waals surface area (Å²) in [5.74, 6) is -2.98. The lowest BCUT2D eigenvalue weighted by Crippen LogP contribution is -2.52. The van der Waals surface area contributed by atoms with Gasteiger partial charge in [-0.15, -0.1) is 0 Å². The number of carbonyl (C=O) groups excluding carboxylic acids is 3. The average molecular weight is 350 g/mol. The molecule has 0 saturated carbocycles. The number of nitrogens with one attached hydrogen (secondary N) is 1. The molecular weight excluding hydrogens is 334 g/mol. The van der Waals surface area contributed by atoms with Crippen LogP contribution in [0, 0.1) is 11.6 Å². The van der Waals surface area contributed by atoms with E-state index in [1.54, 1.807) is 4.90 Å². The fraction of sp³-hybridized carbons (Fsp3) is 0.375.